The van der Waals surface area contributed by atoms with E-state index in [1.807, 2.05) is 47.0 Å². The van der Waals surface area contributed by atoms with Gasteiger partial charge >= 0.3 is 0 Å². The number of nitrogens with zero attached hydrogens (tertiary/aromatic N) is 1. The first-order chi connectivity index (χ1) is 10.8. The molecule has 2 aromatic carbocycles. The molecule has 0 unspecified atom stereocenters. The molecule has 0 atom stereocenters. The molecule has 0 bridgehead atoms. The predicted octanol–water partition coefficient (Wildman–Crippen LogP) is 3.18. The van der Waals surface area contributed by atoms with Crippen LogP contribution in [0.5, 0.6) is 5.75 Å². The van der Waals surface area contributed by atoms with Gasteiger partial charge in [0.15, 0.2) is 0 Å². The van der Waals surface area contributed by atoms with Crippen LogP contribution in [0.4, 0.5) is 0 Å². The molecular formula is C19H17NO2. The maximum absolute atomic E-state index is 12.8. The topological polar surface area (TPSA) is 31.2 Å². The Hall–Kier alpha value is -2.55. The van der Waals surface area contributed by atoms with E-state index in [2.05, 4.69) is 12.1 Å². The fourth-order valence-electron chi connectivity index (χ4n) is 3.18. The molecule has 0 amide bonds. The molecule has 0 saturated carbocycles. The van der Waals surface area contributed by atoms with E-state index in [0.717, 1.165) is 28.6 Å². The van der Waals surface area contributed by atoms with Crippen LogP contribution in [0.2, 0.25) is 0 Å². The average Bonchev–Trinajstić information content (AvgIpc) is 3.06. The third-order valence-electron chi connectivity index (χ3n) is 4.28. The molecule has 1 aromatic heterocycles. The van der Waals surface area contributed by atoms with Crippen molar-refractivity contribution in [3.05, 3.63) is 76.1 Å². The first kappa shape index (κ1) is 13.1. The van der Waals surface area contributed by atoms with Gasteiger partial charge < -0.3 is 9.30 Å². The first-order valence-electron chi connectivity index (χ1n) is 7.66. The third-order valence-corrected chi connectivity index (χ3v) is 4.28. The second-order valence-corrected chi connectivity index (χ2v) is 5.62. The Bertz CT molecular complexity index is 881. The summed E-state index contributed by atoms with van der Waals surface area (Å²) in [6, 6.07) is 18.3. The molecule has 3 nitrogen and oxygen atoms in total. The maximum atomic E-state index is 12.8. The highest BCUT2D eigenvalue weighted by atomic mass is 16.5. The van der Waals surface area contributed by atoms with Gasteiger partial charge in [0.1, 0.15) is 5.75 Å². The molecule has 3 aromatic rings. The SMILES string of the molecule is O=c1c2c(c3ccccc3n1CCc1ccccc1)OCC2. The number of fused-ring (bicyclic) bond motifs is 3. The van der Waals surface area contributed by atoms with Crippen molar-refractivity contribution in [3.8, 4) is 5.75 Å². The normalized spacial score (nSPS) is 13.1. The number of aromatic nitrogens is 1. The van der Waals surface area contributed by atoms with Crippen molar-refractivity contribution in [2.45, 2.75) is 19.4 Å². The Morgan fingerprint density at radius 3 is 2.64 bits per heavy atom. The molecule has 1 aliphatic heterocycles. The zero-order chi connectivity index (χ0) is 14.9. The minimum Gasteiger partial charge on any atom is -0.492 e. The van der Waals surface area contributed by atoms with E-state index < -0.39 is 0 Å². The summed E-state index contributed by atoms with van der Waals surface area (Å²) in [7, 11) is 0. The van der Waals surface area contributed by atoms with Gasteiger partial charge in [-0.05, 0) is 24.1 Å². The minimum absolute atomic E-state index is 0.0992. The van der Waals surface area contributed by atoms with Crippen LogP contribution in [-0.2, 0) is 19.4 Å². The number of ether oxygens (including phenoxy) is 1. The summed E-state index contributed by atoms with van der Waals surface area (Å²) < 4.78 is 7.60. The van der Waals surface area contributed by atoms with Gasteiger partial charge in [0.25, 0.3) is 5.56 Å². The van der Waals surface area contributed by atoms with Crippen LogP contribution in [-0.4, -0.2) is 11.2 Å². The van der Waals surface area contributed by atoms with Gasteiger partial charge in [-0.2, -0.15) is 0 Å². The van der Waals surface area contributed by atoms with Crippen LogP contribution in [0.1, 0.15) is 11.1 Å². The summed E-state index contributed by atoms with van der Waals surface area (Å²) in [5.74, 6) is 0.788. The lowest BCUT2D eigenvalue weighted by Gasteiger charge is -2.13. The van der Waals surface area contributed by atoms with Gasteiger partial charge in [-0.25, -0.2) is 0 Å². The predicted molar refractivity (Wildman–Crippen MR) is 87.6 cm³/mol. The smallest absolute Gasteiger partial charge is 0.258 e. The quantitative estimate of drug-likeness (QED) is 0.742. The minimum atomic E-state index is 0.0992. The number of hydrogen-bond donors (Lipinski definition) is 0. The molecular weight excluding hydrogens is 274 g/mol. The van der Waals surface area contributed by atoms with Gasteiger partial charge in [0.05, 0.1) is 17.7 Å². The highest BCUT2D eigenvalue weighted by Crippen LogP contribution is 2.31. The number of pyridine rings is 1. The maximum Gasteiger partial charge on any atom is 0.258 e. The van der Waals surface area contributed by atoms with Crippen molar-refractivity contribution in [2.24, 2.45) is 0 Å². The van der Waals surface area contributed by atoms with Gasteiger partial charge in [-0.3, -0.25) is 4.79 Å². The van der Waals surface area contributed by atoms with Crippen molar-refractivity contribution in [3.63, 3.8) is 0 Å². The van der Waals surface area contributed by atoms with E-state index in [4.69, 9.17) is 4.74 Å². The summed E-state index contributed by atoms with van der Waals surface area (Å²) in [6.45, 7) is 1.30. The zero-order valence-electron chi connectivity index (χ0n) is 12.3. The third kappa shape index (κ3) is 2.10. The molecule has 22 heavy (non-hydrogen) atoms. The van der Waals surface area contributed by atoms with E-state index in [1.165, 1.54) is 5.56 Å². The van der Waals surface area contributed by atoms with Crippen molar-refractivity contribution >= 4 is 10.9 Å². The second kappa shape index (κ2) is 5.34. The van der Waals surface area contributed by atoms with Crippen molar-refractivity contribution in [1.82, 2.24) is 4.57 Å². The van der Waals surface area contributed by atoms with Crippen LogP contribution in [0, 0.1) is 0 Å². The molecule has 110 valence electrons. The summed E-state index contributed by atoms with van der Waals surface area (Å²) in [6.07, 6.45) is 1.56. The van der Waals surface area contributed by atoms with Gasteiger partial charge in [-0.1, -0.05) is 42.5 Å². The van der Waals surface area contributed by atoms with E-state index in [9.17, 15) is 4.79 Å². The van der Waals surface area contributed by atoms with Gasteiger partial charge in [-0.15, -0.1) is 0 Å². The van der Waals surface area contributed by atoms with Crippen LogP contribution in [0.15, 0.2) is 59.4 Å². The molecule has 0 N–H and O–H groups in total. The monoisotopic (exact) mass is 291 g/mol. The van der Waals surface area contributed by atoms with Crippen molar-refractivity contribution < 1.29 is 4.74 Å². The molecule has 1 aliphatic rings. The summed E-state index contributed by atoms with van der Waals surface area (Å²) in [5, 5.41) is 1.04. The lowest BCUT2D eigenvalue weighted by molar-refractivity contribution is 0.360. The number of rotatable bonds is 3. The Kier molecular flexibility index (Phi) is 3.19. The number of aryl methyl sites for hydroxylation is 2. The summed E-state index contributed by atoms with van der Waals surface area (Å²) in [5.41, 5.74) is 3.13. The molecule has 4 rings (SSSR count). The van der Waals surface area contributed by atoms with E-state index in [0.29, 0.717) is 19.6 Å². The van der Waals surface area contributed by atoms with E-state index in [-0.39, 0.29) is 5.56 Å². The number of benzene rings is 2. The van der Waals surface area contributed by atoms with Crippen LogP contribution >= 0.6 is 0 Å². The number of hydrogen-bond acceptors (Lipinski definition) is 2. The van der Waals surface area contributed by atoms with Crippen LogP contribution in [0.3, 0.4) is 0 Å². The van der Waals surface area contributed by atoms with Gasteiger partial charge in [0, 0.05) is 18.4 Å². The Balaban J connectivity index is 1.82. The molecule has 0 aliphatic carbocycles. The summed E-state index contributed by atoms with van der Waals surface area (Å²) >= 11 is 0. The standard InChI is InChI=1S/C19H17NO2/c21-19-16-11-13-22-18(16)15-8-4-5-9-17(15)20(19)12-10-14-6-2-1-3-7-14/h1-9H,10-13H2. The Labute approximate surface area is 128 Å². The molecule has 0 saturated heterocycles. The van der Waals surface area contributed by atoms with Crippen LogP contribution < -0.4 is 10.3 Å². The second-order valence-electron chi connectivity index (χ2n) is 5.62. The van der Waals surface area contributed by atoms with Gasteiger partial charge in [0.2, 0.25) is 0 Å². The lowest BCUT2D eigenvalue weighted by atomic mass is 10.1. The lowest BCUT2D eigenvalue weighted by Crippen LogP contribution is -2.24. The molecule has 0 radical (unpaired) electrons. The average molecular weight is 291 g/mol. The van der Waals surface area contributed by atoms with E-state index >= 15 is 0 Å². The molecule has 2 heterocycles. The Morgan fingerprint density at radius 1 is 1.00 bits per heavy atom. The molecule has 0 fully saturated rings. The number of para-hydroxylation sites is 1. The van der Waals surface area contributed by atoms with Crippen molar-refractivity contribution in [2.75, 3.05) is 6.61 Å². The Morgan fingerprint density at radius 2 is 1.77 bits per heavy atom. The van der Waals surface area contributed by atoms with E-state index in [1.54, 1.807) is 0 Å². The molecule has 0 spiro atoms. The fraction of sp³-hybridized carbons (Fsp3) is 0.211. The molecule has 3 heteroatoms. The van der Waals surface area contributed by atoms with Crippen molar-refractivity contribution in [1.29, 1.82) is 0 Å². The fourth-order valence-corrected chi connectivity index (χ4v) is 3.18. The summed E-state index contributed by atoms with van der Waals surface area (Å²) in [4.78, 5) is 12.8. The zero-order valence-corrected chi connectivity index (χ0v) is 12.3. The van der Waals surface area contributed by atoms with Crippen LogP contribution in [0.25, 0.3) is 10.9 Å². The highest BCUT2D eigenvalue weighted by Gasteiger charge is 2.21. The highest BCUT2D eigenvalue weighted by molar-refractivity contribution is 5.87. The first-order valence-corrected chi connectivity index (χ1v) is 7.66. The largest absolute Gasteiger partial charge is 0.492 e.